The second kappa shape index (κ2) is 7.81. The summed E-state index contributed by atoms with van der Waals surface area (Å²) in [5.74, 6) is 0.217. The van der Waals surface area contributed by atoms with E-state index >= 15 is 0 Å². The number of anilines is 1. The molecule has 1 amide bonds. The number of carbonyl (C=O) groups excluding carboxylic acids is 1. The monoisotopic (exact) mass is 365 g/mol. The zero-order valence-corrected chi connectivity index (χ0v) is 15.1. The summed E-state index contributed by atoms with van der Waals surface area (Å²) in [4.78, 5) is 12.3. The van der Waals surface area contributed by atoms with E-state index in [-0.39, 0.29) is 5.69 Å². The summed E-state index contributed by atoms with van der Waals surface area (Å²) >= 11 is 0. The van der Waals surface area contributed by atoms with Crippen molar-refractivity contribution in [3.8, 4) is 5.75 Å². The normalized spacial score (nSPS) is 12.8. The van der Waals surface area contributed by atoms with Crippen LogP contribution in [-0.2, 0) is 11.0 Å². The molecule has 0 aliphatic carbocycles. The highest BCUT2D eigenvalue weighted by Gasteiger charge is 2.34. The van der Waals surface area contributed by atoms with Crippen molar-refractivity contribution in [1.82, 2.24) is 0 Å². The highest BCUT2D eigenvalue weighted by molar-refractivity contribution is 5.94. The minimum absolute atomic E-state index is 0.285. The molecule has 2 aromatic rings. The molecule has 140 valence electrons. The van der Waals surface area contributed by atoms with Crippen LogP contribution < -0.4 is 10.1 Å². The van der Waals surface area contributed by atoms with Crippen molar-refractivity contribution in [2.24, 2.45) is 0 Å². The van der Waals surface area contributed by atoms with Gasteiger partial charge in [0.25, 0.3) is 5.91 Å². The van der Waals surface area contributed by atoms with Crippen LogP contribution in [0.2, 0.25) is 0 Å². The first kappa shape index (κ1) is 19.8. The predicted molar refractivity (Wildman–Crippen MR) is 95.4 cm³/mol. The lowest BCUT2D eigenvalue weighted by atomic mass is 9.98. The maximum Gasteiger partial charge on any atom is 0.418 e. The molecule has 0 aliphatic rings. The fraction of sp³-hybridized carbons (Fsp3) is 0.350. The van der Waals surface area contributed by atoms with Crippen molar-refractivity contribution in [2.75, 3.05) is 5.32 Å². The lowest BCUT2D eigenvalue weighted by Gasteiger charge is -2.18. The Morgan fingerprint density at radius 2 is 1.73 bits per heavy atom. The number of amides is 1. The zero-order valence-electron chi connectivity index (χ0n) is 15.1. The Labute approximate surface area is 151 Å². The number of nitrogens with one attached hydrogen (secondary N) is 1. The van der Waals surface area contributed by atoms with Crippen LogP contribution in [0.4, 0.5) is 18.9 Å². The van der Waals surface area contributed by atoms with Crippen molar-refractivity contribution >= 4 is 11.6 Å². The number of carbonyl (C=O) groups is 1. The molecule has 0 spiro atoms. The van der Waals surface area contributed by atoms with E-state index in [0.29, 0.717) is 11.7 Å². The molecule has 6 heteroatoms. The lowest BCUT2D eigenvalue weighted by Crippen LogP contribution is -2.31. The Bertz CT molecular complexity index is 785. The van der Waals surface area contributed by atoms with Crippen molar-refractivity contribution in [2.45, 2.75) is 45.9 Å². The van der Waals surface area contributed by atoms with Gasteiger partial charge < -0.3 is 10.1 Å². The van der Waals surface area contributed by atoms with E-state index in [1.807, 2.05) is 19.1 Å². The summed E-state index contributed by atoms with van der Waals surface area (Å²) < 4.78 is 44.6. The van der Waals surface area contributed by atoms with E-state index in [4.69, 9.17) is 4.74 Å². The maximum atomic E-state index is 13.0. The Balaban J connectivity index is 2.11. The first-order chi connectivity index (χ1) is 12.1. The SMILES string of the molecule is Cc1cc(OC(C)C(=O)Nc2ccccc2C(F)(F)F)ccc1C(C)C. The summed E-state index contributed by atoms with van der Waals surface area (Å²) in [5.41, 5.74) is 1.03. The number of aryl methyl sites for hydroxylation is 1. The number of benzene rings is 2. The minimum Gasteiger partial charge on any atom is -0.481 e. The Morgan fingerprint density at radius 1 is 1.08 bits per heavy atom. The van der Waals surface area contributed by atoms with E-state index in [1.165, 1.54) is 30.7 Å². The van der Waals surface area contributed by atoms with Crippen LogP contribution >= 0.6 is 0 Å². The Hall–Kier alpha value is -2.50. The van der Waals surface area contributed by atoms with Crippen molar-refractivity contribution in [3.05, 3.63) is 59.2 Å². The quantitative estimate of drug-likeness (QED) is 0.755. The summed E-state index contributed by atoms with van der Waals surface area (Å²) in [6, 6.07) is 10.4. The third-order valence-corrected chi connectivity index (χ3v) is 4.04. The van der Waals surface area contributed by atoms with Gasteiger partial charge in [0.1, 0.15) is 5.75 Å². The number of ether oxygens (including phenoxy) is 1. The van der Waals surface area contributed by atoms with Crippen LogP contribution in [-0.4, -0.2) is 12.0 Å². The van der Waals surface area contributed by atoms with Crippen LogP contribution in [0.1, 0.15) is 43.4 Å². The van der Waals surface area contributed by atoms with Gasteiger partial charge in [-0.1, -0.05) is 32.0 Å². The Kier molecular flexibility index (Phi) is 5.95. The van der Waals surface area contributed by atoms with E-state index in [9.17, 15) is 18.0 Å². The predicted octanol–water partition coefficient (Wildman–Crippen LogP) is 5.54. The van der Waals surface area contributed by atoms with E-state index < -0.39 is 23.8 Å². The molecule has 0 saturated carbocycles. The average molecular weight is 365 g/mol. The first-order valence-corrected chi connectivity index (χ1v) is 8.34. The average Bonchev–Trinajstić information content (AvgIpc) is 2.54. The van der Waals surface area contributed by atoms with Crippen molar-refractivity contribution in [1.29, 1.82) is 0 Å². The molecule has 3 nitrogen and oxygen atoms in total. The van der Waals surface area contributed by atoms with Gasteiger partial charge in [-0.25, -0.2) is 0 Å². The van der Waals surface area contributed by atoms with E-state index in [2.05, 4.69) is 19.2 Å². The first-order valence-electron chi connectivity index (χ1n) is 8.34. The largest absolute Gasteiger partial charge is 0.481 e. The number of alkyl halides is 3. The molecule has 1 atom stereocenters. The van der Waals surface area contributed by atoms with E-state index in [0.717, 1.165) is 11.6 Å². The second-order valence-corrected chi connectivity index (χ2v) is 6.47. The molecule has 0 aromatic heterocycles. The van der Waals surface area contributed by atoms with Gasteiger partial charge in [0, 0.05) is 0 Å². The van der Waals surface area contributed by atoms with Crippen LogP contribution in [0.25, 0.3) is 0 Å². The minimum atomic E-state index is -4.54. The third-order valence-electron chi connectivity index (χ3n) is 4.04. The molecule has 1 unspecified atom stereocenters. The van der Waals surface area contributed by atoms with Gasteiger partial charge in [-0.2, -0.15) is 13.2 Å². The number of rotatable bonds is 5. The second-order valence-electron chi connectivity index (χ2n) is 6.47. The van der Waals surface area contributed by atoms with Crippen LogP contribution in [0, 0.1) is 6.92 Å². The fourth-order valence-corrected chi connectivity index (χ4v) is 2.70. The molecule has 0 bridgehead atoms. The smallest absolute Gasteiger partial charge is 0.418 e. The number of hydrogen-bond donors (Lipinski definition) is 1. The molecule has 0 fully saturated rings. The molecule has 0 radical (unpaired) electrons. The number of para-hydroxylation sites is 1. The molecule has 2 aromatic carbocycles. The summed E-state index contributed by atoms with van der Waals surface area (Å²) in [7, 11) is 0. The molecule has 0 aliphatic heterocycles. The number of hydrogen-bond acceptors (Lipinski definition) is 2. The van der Waals surface area contributed by atoms with Crippen LogP contribution in [0.15, 0.2) is 42.5 Å². The molecule has 1 N–H and O–H groups in total. The topological polar surface area (TPSA) is 38.3 Å². The van der Waals surface area contributed by atoms with Gasteiger partial charge in [-0.3, -0.25) is 4.79 Å². The van der Waals surface area contributed by atoms with Gasteiger partial charge in [-0.05, 0) is 55.2 Å². The Morgan fingerprint density at radius 3 is 2.31 bits per heavy atom. The van der Waals surface area contributed by atoms with E-state index in [1.54, 1.807) is 6.07 Å². The zero-order chi connectivity index (χ0) is 19.5. The highest BCUT2D eigenvalue weighted by atomic mass is 19.4. The fourth-order valence-electron chi connectivity index (χ4n) is 2.70. The molecular weight excluding hydrogens is 343 g/mol. The van der Waals surface area contributed by atoms with Crippen LogP contribution in [0.5, 0.6) is 5.75 Å². The highest BCUT2D eigenvalue weighted by Crippen LogP contribution is 2.34. The standard InChI is InChI=1S/C20H22F3NO2/c1-12(2)16-10-9-15(11-13(16)3)26-14(4)19(25)24-18-8-6-5-7-17(18)20(21,22)23/h5-12,14H,1-4H3,(H,24,25). The number of halogens is 3. The third kappa shape index (κ3) is 4.77. The summed E-state index contributed by atoms with van der Waals surface area (Å²) in [6.45, 7) is 7.61. The molecule has 0 saturated heterocycles. The molecular formula is C20H22F3NO2. The van der Waals surface area contributed by atoms with Gasteiger partial charge >= 0.3 is 6.18 Å². The van der Waals surface area contributed by atoms with Crippen molar-refractivity contribution < 1.29 is 22.7 Å². The lowest BCUT2D eigenvalue weighted by molar-refractivity contribution is -0.137. The summed E-state index contributed by atoms with van der Waals surface area (Å²) in [5, 5.41) is 2.30. The molecule has 2 rings (SSSR count). The maximum absolute atomic E-state index is 13.0. The van der Waals surface area contributed by atoms with Gasteiger partial charge in [0.05, 0.1) is 11.3 Å². The van der Waals surface area contributed by atoms with Gasteiger partial charge in [0.2, 0.25) is 0 Å². The molecule has 0 heterocycles. The van der Waals surface area contributed by atoms with Crippen molar-refractivity contribution in [3.63, 3.8) is 0 Å². The van der Waals surface area contributed by atoms with Gasteiger partial charge in [-0.15, -0.1) is 0 Å². The summed E-state index contributed by atoms with van der Waals surface area (Å²) in [6.07, 6.45) is -5.49. The molecule has 26 heavy (non-hydrogen) atoms. The van der Waals surface area contributed by atoms with Crippen LogP contribution in [0.3, 0.4) is 0 Å². The van der Waals surface area contributed by atoms with Gasteiger partial charge in [0.15, 0.2) is 6.10 Å².